The molecule has 0 amide bonds. The van der Waals surface area contributed by atoms with E-state index >= 15 is 0 Å². The van der Waals surface area contributed by atoms with Crippen LogP contribution in [0.25, 0.3) is 17.1 Å². The minimum absolute atomic E-state index is 0.150. The Kier molecular flexibility index (Phi) is 6.10. The predicted molar refractivity (Wildman–Crippen MR) is 122 cm³/mol. The smallest absolute Gasteiger partial charge is 0.262 e. The number of aromatic nitrogens is 3. The van der Waals surface area contributed by atoms with Crippen molar-refractivity contribution in [3.8, 4) is 17.1 Å². The first-order valence-electron chi connectivity index (χ1n) is 10.2. The highest BCUT2D eigenvalue weighted by molar-refractivity contribution is 7.92. The molecule has 170 valence electrons. The molecule has 0 aliphatic heterocycles. The SMILES string of the molecule is CCCc1nc(-c2ccc(N)cc2S(=O)(=O)Nc2c(F)cccc2F)nn1-c1ccccc1. The number of sulfonamides is 1. The van der Waals surface area contributed by atoms with E-state index < -0.39 is 27.3 Å². The second-order valence-corrected chi connectivity index (χ2v) is 8.96. The van der Waals surface area contributed by atoms with Crippen LogP contribution in [0.5, 0.6) is 0 Å². The van der Waals surface area contributed by atoms with E-state index in [9.17, 15) is 17.2 Å². The van der Waals surface area contributed by atoms with Gasteiger partial charge in [0.25, 0.3) is 10.0 Å². The number of nitrogen functional groups attached to an aromatic ring is 1. The van der Waals surface area contributed by atoms with Gasteiger partial charge in [-0.25, -0.2) is 26.9 Å². The Morgan fingerprint density at radius 1 is 1.00 bits per heavy atom. The Morgan fingerprint density at radius 3 is 2.36 bits per heavy atom. The predicted octanol–water partition coefficient (Wildman–Crippen LogP) is 4.55. The zero-order chi connectivity index (χ0) is 23.6. The summed E-state index contributed by atoms with van der Waals surface area (Å²) in [5.74, 6) is -1.29. The molecule has 0 atom stereocenters. The number of rotatable bonds is 7. The average Bonchev–Trinajstić information content (AvgIpc) is 3.21. The number of aryl methyl sites for hydroxylation is 1. The summed E-state index contributed by atoms with van der Waals surface area (Å²) < 4.78 is 58.2. The van der Waals surface area contributed by atoms with Crippen LogP contribution in [0.15, 0.2) is 71.6 Å². The number of nitrogens with zero attached hydrogens (tertiary/aromatic N) is 3. The van der Waals surface area contributed by atoms with Gasteiger partial charge in [-0.2, -0.15) is 0 Å². The normalized spacial score (nSPS) is 11.5. The molecular weight excluding hydrogens is 448 g/mol. The van der Waals surface area contributed by atoms with E-state index in [0.29, 0.717) is 12.2 Å². The number of hydrogen-bond donors (Lipinski definition) is 2. The number of hydrogen-bond acceptors (Lipinski definition) is 5. The molecule has 0 bridgehead atoms. The van der Waals surface area contributed by atoms with Gasteiger partial charge in [0.15, 0.2) is 5.82 Å². The summed E-state index contributed by atoms with van der Waals surface area (Å²) in [6.45, 7) is 2.00. The Labute approximate surface area is 190 Å². The molecule has 1 heterocycles. The molecular formula is C23H21F2N5O2S. The maximum absolute atomic E-state index is 14.1. The summed E-state index contributed by atoms with van der Waals surface area (Å²) in [5.41, 5.74) is 6.15. The van der Waals surface area contributed by atoms with Crippen molar-refractivity contribution >= 4 is 21.4 Å². The summed E-state index contributed by atoms with van der Waals surface area (Å²) in [4.78, 5) is 4.27. The first-order valence-corrected chi connectivity index (χ1v) is 11.7. The minimum atomic E-state index is -4.44. The van der Waals surface area contributed by atoms with E-state index in [2.05, 4.69) is 10.1 Å². The van der Waals surface area contributed by atoms with Crippen molar-refractivity contribution in [2.75, 3.05) is 10.5 Å². The molecule has 1 aromatic heterocycles. The van der Waals surface area contributed by atoms with E-state index in [1.807, 2.05) is 42.0 Å². The molecule has 0 saturated carbocycles. The molecule has 3 aromatic carbocycles. The summed E-state index contributed by atoms with van der Waals surface area (Å²) in [6.07, 6.45) is 1.41. The Hall–Kier alpha value is -3.79. The summed E-state index contributed by atoms with van der Waals surface area (Å²) >= 11 is 0. The van der Waals surface area contributed by atoms with Crippen molar-refractivity contribution in [1.29, 1.82) is 0 Å². The molecule has 4 rings (SSSR count). The molecule has 0 fully saturated rings. The maximum Gasteiger partial charge on any atom is 0.262 e. The number of nitrogens with one attached hydrogen (secondary N) is 1. The number of anilines is 2. The average molecular weight is 470 g/mol. The van der Waals surface area contributed by atoms with Crippen molar-refractivity contribution in [2.24, 2.45) is 0 Å². The van der Waals surface area contributed by atoms with Crippen LogP contribution in [-0.4, -0.2) is 23.2 Å². The molecule has 0 aliphatic rings. The van der Waals surface area contributed by atoms with Crippen LogP contribution in [0.4, 0.5) is 20.2 Å². The number of nitrogens with two attached hydrogens (primary N) is 1. The van der Waals surface area contributed by atoms with Crippen LogP contribution in [0.1, 0.15) is 19.2 Å². The van der Waals surface area contributed by atoms with Crippen LogP contribution in [0.2, 0.25) is 0 Å². The van der Waals surface area contributed by atoms with Crippen LogP contribution in [-0.2, 0) is 16.4 Å². The van der Waals surface area contributed by atoms with Gasteiger partial charge in [-0.15, -0.1) is 5.10 Å². The van der Waals surface area contributed by atoms with Gasteiger partial charge >= 0.3 is 0 Å². The second-order valence-electron chi connectivity index (χ2n) is 7.31. The molecule has 10 heteroatoms. The zero-order valence-corrected chi connectivity index (χ0v) is 18.5. The number of halogens is 2. The zero-order valence-electron chi connectivity index (χ0n) is 17.7. The fraction of sp³-hybridized carbons (Fsp3) is 0.130. The van der Waals surface area contributed by atoms with Gasteiger partial charge in [0, 0.05) is 17.7 Å². The van der Waals surface area contributed by atoms with Crippen molar-refractivity contribution in [3.63, 3.8) is 0 Å². The molecule has 7 nitrogen and oxygen atoms in total. The van der Waals surface area contributed by atoms with Crippen molar-refractivity contribution in [2.45, 2.75) is 24.7 Å². The lowest BCUT2D eigenvalue weighted by Gasteiger charge is -2.13. The third-order valence-corrected chi connectivity index (χ3v) is 6.27. The topological polar surface area (TPSA) is 103 Å². The van der Waals surface area contributed by atoms with Gasteiger partial charge in [0.1, 0.15) is 28.0 Å². The largest absolute Gasteiger partial charge is 0.399 e. The summed E-state index contributed by atoms with van der Waals surface area (Å²) in [7, 11) is -4.44. The molecule has 0 unspecified atom stereocenters. The van der Waals surface area contributed by atoms with Gasteiger partial charge in [-0.05, 0) is 48.9 Å². The fourth-order valence-corrected chi connectivity index (χ4v) is 4.66. The third kappa shape index (κ3) is 4.56. The standard InChI is InChI=1S/C23H21F2N5O2S/c1-2-7-21-27-23(28-30(21)16-8-4-3-5-9-16)17-13-12-15(26)14-20(17)33(31,32)29-22-18(24)10-6-11-19(22)25/h3-6,8-14,29H,2,7,26H2,1H3. The lowest BCUT2D eigenvalue weighted by molar-refractivity contribution is 0.583. The highest BCUT2D eigenvalue weighted by Crippen LogP contribution is 2.31. The lowest BCUT2D eigenvalue weighted by Crippen LogP contribution is -2.16. The van der Waals surface area contributed by atoms with Crippen LogP contribution < -0.4 is 10.5 Å². The first kappa shape index (κ1) is 22.4. The minimum Gasteiger partial charge on any atom is -0.399 e. The summed E-state index contributed by atoms with van der Waals surface area (Å²) in [6, 6.07) is 16.6. The van der Waals surface area contributed by atoms with E-state index in [0.717, 1.165) is 30.3 Å². The van der Waals surface area contributed by atoms with E-state index in [1.54, 1.807) is 4.68 Å². The highest BCUT2D eigenvalue weighted by atomic mass is 32.2. The van der Waals surface area contributed by atoms with Gasteiger partial charge in [0.2, 0.25) is 0 Å². The molecule has 3 N–H and O–H groups in total. The molecule has 0 saturated heterocycles. The van der Waals surface area contributed by atoms with Gasteiger partial charge in [-0.1, -0.05) is 31.2 Å². The first-order chi connectivity index (χ1) is 15.8. The second kappa shape index (κ2) is 8.99. The highest BCUT2D eigenvalue weighted by Gasteiger charge is 2.25. The molecule has 33 heavy (non-hydrogen) atoms. The Balaban J connectivity index is 1.84. The number of para-hydroxylation sites is 2. The van der Waals surface area contributed by atoms with Gasteiger partial charge in [0.05, 0.1) is 5.69 Å². The molecule has 4 aromatic rings. The van der Waals surface area contributed by atoms with Crippen LogP contribution in [0.3, 0.4) is 0 Å². The van der Waals surface area contributed by atoms with E-state index in [-0.39, 0.29) is 22.0 Å². The summed E-state index contributed by atoms with van der Waals surface area (Å²) in [5, 5.41) is 4.54. The van der Waals surface area contributed by atoms with Crippen LogP contribution in [0, 0.1) is 11.6 Å². The number of benzene rings is 3. The Bertz CT molecular complexity index is 1390. The van der Waals surface area contributed by atoms with Crippen molar-refractivity contribution in [1.82, 2.24) is 14.8 Å². The quantitative estimate of drug-likeness (QED) is 0.387. The lowest BCUT2D eigenvalue weighted by atomic mass is 10.2. The third-order valence-electron chi connectivity index (χ3n) is 4.88. The van der Waals surface area contributed by atoms with E-state index in [4.69, 9.17) is 5.73 Å². The van der Waals surface area contributed by atoms with Gasteiger partial charge in [-0.3, -0.25) is 4.72 Å². The van der Waals surface area contributed by atoms with E-state index in [1.165, 1.54) is 18.2 Å². The maximum atomic E-state index is 14.1. The monoisotopic (exact) mass is 469 g/mol. The van der Waals surface area contributed by atoms with Crippen molar-refractivity contribution in [3.05, 3.63) is 84.2 Å². The molecule has 0 radical (unpaired) electrons. The Morgan fingerprint density at radius 2 is 1.70 bits per heavy atom. The van der Waals surface area contributed by atoms with Gasteiger partial charge < -0.3 is 5.73 Å². The van der Waals surface area contributed by atoms with Crippen LogP contribution >= 0.6 is 0 Å². The molecule has 0 aliphatic carbocycles. The fourth-order valence-electron chi connectivity index (χ4n) is 3.35. The molecule has 0 spiro atoms. The van der Waals surface area contributed by atoms with Crippen molar-refractivity contribution < 1.29 is 17.2 Å².